The van der Waals surface area contributed by atoms with Gasteiger partial charge in [-0.2, -0.15) is 0 Å². The smallest absolute Gasteiger partial charge is 0.159 e. The predicted octanol–water partition coefficient (Wildman–Crippen LogP) is 2.36. The van der Waals surface area contributed by atoms with Crippen molar-refractivity contribution in [1.82, 2.24) is 10.2 Å². The number of nitrogens with one attached hydrogen (secondary N) is 1. The van der Waals surface area contributed by atoms with Gasteiger partial charge in [-0.3, -0.25) is 0 Å². The van der Waals surface area contributed by atoms with Crippen molar-refractivity contribution in [2.24, 2.45) is 0 Å². The summed E-state index contributed by atoms with van der Waals surface area (Å²) in [5.41, 5.74) is 0. The van der Waals surface area contributed by atoms with Crippen LogP contribution in [0.25, 0.3) is 10.8 Å². The molecule has 0 fully saturated rings. The number of rotatable bonds is 7. The third kappa shape index (κ3) is 3.76. The maximum Gasteiger partial charge on any atom is 0.159 e. The summed E-state index contributed by atoms with van der Waals surface area (Å²) in [4.78, 5) is 0. The summed E-state index contributed by atoms with van der Waals surface area (Å²) in [6.07, 6.45) is 0. The van der Waals surface area contributed by atoms with Crippen LogP contribution >= 0.6 is 11.6 Å². The maximum absolute atomic E-state index is 6.01. The molecule has 0 aliphatic rings. The lowest BCUT2D eigenvalue weighted by Crippen LogP contribution is -2.13. The number of methoxy groups -OCH3 is 1. The minimum Gasteiger partial charge on any atom is -0.382 e. The van der Waals surface area contributed by atoms with Crippen molar-refractivity contribution in [1.29, 1.82) is 0 Å². The molecule has 0 saturated carbocycles. The van der Waals surface area contributed by atoms with Crippen molar-refractivity contribution < 1.29 is 9.47 Å². The first-order chi connectivity index (χ1) is 9.33. The highest BCUT2D eigenvalue weighted by Crippen LogP contribution is 2.25. The van der Waals surface area contributed by atoms with Gasteiger partial charge in [0, 0.05) is 24.4 Å². The minimum atomic E-state index is 0.414. The summed E-state index contributed by atoms with van der Waals surface area (Å²) in [5.74, 6) is 0.718. The van der Waals surface area contributed by atoms with Crippen LogP contribution in [0.3, 0.4) is 0 Å². The lowest BCUT2D eigenvalue weighted by Gasteiger charge is -2.09. The molecule has 0 unspecified atom stereocenters. The van der Waals surface area contributed by atoms with E-state index in [0.29, 0.717) is 31.5 Å². The number of aromatic nitrogens is 2. The van der Waals surface area contributed by atoms with Crippen molar-refractivity contribution in [3.8, 4) is 0 Å². The monoisotopic (exact) mass is 281 g/mol. The van der Waals surface area contributed by atoms with Gasteiger partial charge in [-0.05, 0) is 0 Å². The highest BCUT2D eigenvalue weighted by molar-refractivity contribution is 6.34. The standard InChI is InChI=1S/C13H16ClN3O2/c1-18-8-9-19-7-6-15-13-11-5-3-2-4-10(11)12(14)16-17-13/h2-5H,6-9H2,1H3,(H,15,17). The first-order valence-corrected chi connectivity index (χ1v) is 6.42. The first kappa shape index (κ1) is 14.0. The van der Waals surface area contributed by atoms with Crippen LogP contribution in [0.5, 0.6) is 0 Å². The highest BCUT2D eigenvalue weighted by atomic mass is 35.5. The first-order valence-electron chi connectivity index (χ1n) is 6.04. The van der Waals surface area contributed by atoms with Crippen LogP contribution in [-0.2, 0) is 9.47 Å². The average molecular weight is 282 g/mol. The average Bonchev–Trinajstić information content (AvgIpc) is 2.45. The van der Waals surface area contributed by atoms with E-state index in [0.717, 1.165) is 16.6 Å². The number of halogens is 1. The Labute approximate surface area is 116 Å². The number of fused-ring (bicyclic) bond motifs is 1. The van der Waals surface area contributed by atoms with Gasteiger partial charge < -0.3 is 14.8 Å². The van der Waals surface area contributed by atoms with Gasteiger partial charge in [-0.15, -0.1) is 10.2 Å². The Morgan fingerprint density at radius 3 is 2.68 bits per heavy atom. The number of hydrogen-bond donors (Lipinski definition) is 1. The molecule has 0 amide bonds. The lowest BCUT2D eigenvalue weighted by molar-refractivity contribution is 0.0759. The van der Waals surface area contributed by atoms with Crippen LogP contribution in [0, 0.1) is 0 Å². The molecule has 5 nitrogen and oxygen atoms in total. The summed E-state index contributed by atoms with van der Waals surface area (Å²) >= 11 is 6.01. The molecule has 1 aromatic carbocycles. The highest BCUT2D eigenvalue weighted by Gasteiger charge is 2.06. The summed E-state index contributed by atoms with van der Waals surface area (Å²) < 4.78 is 10.3. The minimum absolute atomic E-state index is 0.414. The summed E-state index contributed by atoms with van der Waals surface area (Å²) in [6.45, 7) is 2.43. The topological polar surface area (TPSA) is 56.3 Å². The van der Waals surface area contributed by atoms with E-state index in [1.165, 1.54) is 0 Å². The largest absolute Gasteiger partial charge is 0.382 e. The number of anilines is 1. The van der Waals surface area contributed by atoms with E-state index in [-0.39, 0.29) is 0 Å². The molecule has 6 heteroatoms. The van der Waals surface area contributed by atoms with Gasteiger partial charge in [0.1, 0.15) is 0 Å². The molecule has 0 atom stereocenters. The fourth-order valence-electron chi connectivity index (χ4n) is 1.69. The second-order valence-corrected chi connectivity index (χ2v) is 4.27. The second-order valence-electron chi connectivity index (χ2n) is 3.92. The number of ether oxygens (including phenoxy) is 2. The number of benzene rings is 1. The van der Waals surface area contributed by atoms with Crippen molar-refractivity contribution in [3.63, 3.8) is 0 Å². The molecule has 0 spiro atoms. The maximum atomic E-state index is 6.01. The summed E-state index contributed by atoms with van der Waals surface area (Å²) in [6, 6.07) is 7.75. The van der Waals surface area contributed by atoms with Crippen LogP contribution < -0.4 is 5.32 Å². The second kappa shape index (κ2) is 7.23. The fourth-order valence-corrected chi connectivity index (χ4v) is 1.89. The van der Waals surface area contributed by atoms with Gasteiger partial charge in [0.05, 0.1) is 19.8 Å². The van der Waals surface area contributed by atoms with E-state index in [2.05, 4.69) is 15.5 Å². The van der Waals surface area contributed by atoms with Crippen LogP contribution in [0.15, 0.2) is 24.3 Å². The SMILES string of the molecule is COCCOCCNc1nnc(Cl)c2ccccc12. The van der Waals surface area contributed by atoms with Crippen molar-refractivity contribution in [2.45, 2.75) is 0 Å². The van der Waals surface area contributed by atoms with E-state index in [9.17, 15) is 0 Å². The van der Waals surface area contributed by atoms with Gasteiger partial charge >= 0.3 is 0 Å². The molecular formula is C13H16ClN3O2. The molecule has 2 rings (SSSR count). The van der Waals surface area contributed by atoms with E-state index in [1.807, 2.05) is 24.3 Å². The third-order valence-corrected chi connectivity index (χ3v) is 2.89. The molecule has 0 aliphatic heterocycles. The predicted molar refractivity (Wildman–Crippen MR) is 75.7 cm³/mol. The normalized spacial score (nSPS) is 10.8. The van der Waals surface area contributed by atoms with Gasteiger partial charge in [0.25, 0.3) is 0 Å². The van der Waals surface area contributed by atoms with Crippen LogP contribution in [0.4, 0.5) is 5.82 Å². The van der Waals surface area contributed by atoms with E-state index in [1.54, 1.807) is 7.11 Å². The third-order valence-electron chi connectivity index (χ3n) is 2.61. The molecule has 102 valence electrons. The molecule has 1 heterocycles. The van der Waals surface area contributed by atoms with Gasteiger partial charge in [0.15, 0.2) is 11.0 Å². The molecule has 1 aromatic heterocycles. The molecule has 0 aliphatic carbocycles. The Hall–Kier alpha value is -1.43. The molecule has 19 heavy (non-hydrogen) atoms. The quantitative estimate of drug-likeness (QED) is 0.790. The Kier molecular flexibility index (Phi) is 5.32. The molecule has 1 N–H and O–H groups in total. The zero-order chi connectivity index (χ0) is 13.5. The summed E-state index contributed by atoms with van der Waals surface area (Å²) in [7, 11) is 1.65. The molecule has 0 bridgehead atoms. The van der Waals surface area contributed by atoms with Crippen LogP contribution in [0.2, 0.25) is 5.15 Å². The molecule has 0 saturated heterocycles. The van der Waals surface area contributed by atoms with E-state index >= 15 is 0 Å². The van der Waals surface area contributed by atoms with Gasteiger partial charge in [-0.25, -0.2) is 0 Å². The zero-order valence-electron chi connectivity index (χ0n) is 10.7. The molecular weight excluding hydrogens is 266 g/mol. The van der Waals surface area contributed by atoms with Gasteiger partial charge in [-0.1, -0.05) is 35.9 Å². The number of hydrogen-bond acceptors (Lipinski definition) is 5. The van der Waals surface area contributed by atoms with E-state index in [4.69, 9.17) is 21.1 Å². The van der Waals surface area contributed by atoms with Crippen molar-refractivity contribution >= 4 is 28.2 Å². The van der Waals surface area contributed by atoms with Crippen LogP contribution in [0.1, 0.15) is 0 Å². The Bertz CT molecular complexity index is 536. The van der Waals surface area contributed by atoms with Crippen molar-refractivity contribution in [2.75, 3.05) is 38.8 Å². The zero-order valence-corrected chi connectivity index (χ0v) is 11.5. The molecule has 2 aromatic rings. The Morgan fingerprint density at radius 1 is 1.11 bits per heavy atom. The number of nitrogens with zero attached hydrogens (tertiary/aromatic N) is 2. The molecule has 0 radical (unpaired) electrons. The Morgan fingerprint density at radius 2 is 1.89 bits per heavy atom. The summed E-state index contributed by atoms with van der Waals surface area (Å²) in [5, 5.41) is 13.5. The Balaban J connectivity index is 1.96. The lowest BCUT2D eigenvalue weighted by atomic mass is 10.2. The van der Waals surface area contributed by atoms with Crippen LogP contribution in [-0.4, -0.2) is 43.7 Å². The van der Waals surface area contributed by atoms with Gasteiger partial charge in [0.2, 0.25) is 0 Å². The van der Waals surface area contributed by atoms with E-state index < -0.39 is 0 Å². The fraction of sp³-hybridized carbons (Fsp3) is 0.385. The van der Waals surface area contributed by atoms with Crippen molar-refractivity contribution in [3.05, 3.63) is 29.4 Å².